The lowest BCUT2D eigenvalue weighted by molar-refractivity contribution is 0.234. The summed E-state index contributed by atoms with van der Waals surface area (Å²) in [6.45, 7) is 4.45. The molecule has 0 bridgehead atoms. The molecule has 6 heteroatoms. The maximum absolute atomic E-state index is 12.4. The van der Waals surface area contributed by atoms with Crippen LogP contribution in [0.5, 0.6) is 0 Å². The number of hydrogen-bond acceptors (Lipinski definition) is 3. The monoisotopic (exact) mass is 364 g/mol. The van der Waals surface area contributed by atoms with E-state index in [1.165, 1.54) is 0 Å². The van der Waals surface area contributed by atoms with Crippen LogP contribution in [0.25, 0.3) is 5.69 Å². The zero-order valence-electron chi connectivity index (χ0n) is 15.7. The lowest BCUT2D eigenvalue weighted by atomic mass is 9.93. The molecule has 1 atom stereocenters. The minimum absolute atomic E-state index is 0.0155. The smallest absolute Gasteiger partial charge is 0.315 e. The number of aromatic nitrogens is 2. The topological polar surface area (TPSA) is 72.1 Å². The predicted molar refractivity (Wildman–Crippen MR) is 103 cm³/mol. The summed E-state index contributed by atoms with van der Waals surface area (Å²) < 4.78 is 7.41. The molecule has 0 spiro atoms. The predicted octanol–water partition coefficient (Wildman–Crippen LogP) is 3.96. The highest BCUT2D eigenvalue weighted by molar-refractivity contribution is 5.74. The van der Waals surface area contributed by atoms with Gasteiger partial charge in [-0.3, -0.25) is 0 Å². The first-order valence-corrected chi connectivity index (χ1v) is 9.34. The van der Waals surface area contributed by atoms with Gasteiger partial charge >= 0.3 is 6.03 Å². The summed E-state index contributed by atoms with van der Waals surface area (Å²) in [5, 5.41) is 10.7. The fourth-order valence-electron chi connectivity index (χ4n) is 3.77. The number of carbonyl (C=O) groups is 1. The second-order valence-electron chi connectivity index (χ2n) is 6.97. The van der Waals surface area contributed by atoms with Crippen molar-refractivity contribution in [1.82, 2.24) is 20.4 Å². The number of fused-ring (bicyclic) bond motifs is 1. The molecular weight excluding hydrogens is 340 g/mol. The van der Waals surface area contributed by atoms with E-state index in [0.29, 0.717) is 6.54 Å². The Bertz CT molecular complexity index is 943. The van der Waals surface area contributed by atoms with Gasteiger partial charge in [-0.05, 0) is 44.9 Å². The molecule has 0 radical (unpaired) electrons. The molecule has 6 nitrogen and oxygen atoms in total. The van der Waals surface area contributed by atoms with E-state index in [0.717, 1.165) is 53.2 Å². The van der Waals surface area contributed by atoms with E-state index in [9.17, 15) is 4.79 Å². The van der Waals surface area contributed by atoms with Crippen LogP contribution in [0.3, 0.4) is 0 Å². The average Bonchev–Trinajstić information content (AvgIpc) is 3.26. The van der Waals surface area contributed by atoms with E-state index in [2.05, 4.69) is 15.7 Å². The van der Waals surface area contributed by atoms with Crippen LogP contribution >= 0.6 is 0 Å². The highest BCUT2D eigenvalue weighted by Crippen LogP contribution is 2.30. The second-order valence-corrected chi connectivity index (χ2v) is 6.97. The van der Waals surface area contributed by atoms with Crippen molar-refractivity contribution >= 4 is 6.03 Å². The van der Waals surface area contributed by atoms with E-state index < -0.39 is 0 Å². The van der Waals surface area contributed by atoms with Gasteiger partial charge in [0.2, 0.25) is 0 Å². The van der Waals surface area contributed by atoms with E-state index in [1.54, 1.807) is 6.26 Å². The summed E-state index contributed by atoms with van der Waals surface area (Å²) in [6.07, 6.45) is 4.60. The van der Waals surface area contributed by atoms with Gasteiger partial charge < -0.3 is 15.1 Å². The highest BCUT2D eigenvalue weighted by Gasteiger charge is 2.24. The summed E-state index contributed by atoms with van der Waals surface area (Å²) >= 11 is 0. The molecule has 1 unspecified atom stereocenters. The van der Waals surface area contributed by atoms with E-state index >= 15 is 0 Å². The molecule has 0 fully saturated rings. The van der Waals surface area contributed by atoms with Crippen LogP contribution in [0.15, 0.2) is 47.1 Å². The lowest BCUT2D eigenvalue weighted by Gasteiger charge is -2.22. The van der Waals surface area contributed by atoms with Crippen LogP contribution in [0, 0.1) is 13.8 Å². The summed E-state index contributed by atoms with van der Waals surface area (Å²) in [6, 6.07) is 11.8. The van der Waals surface area contributed by atoms with Gasteiger partial charge in [0, 0.05) is 29.8 Å². The summed E-state index contributed by atoms with van der Waals surface area (Å²) in [7, 11) is 0. The first-order valence-electron chi connectivity index (χ1n) is 9.34. The van der Waals surface area contributed by atoms with Crippen molar-refractivity contribution in [3.05, 3.63) is 70.9 Å². The third-order valence-corrected chi connectivity index (χ3v) is 5.22. The highest BCUT2D eigenvalue weighted by atomic mass is 16.3. The van der Waals surface area contributed by atoms with E-state index in [4.69, 9.17) is 4.42 Å². The maximum atomic E-state index is 12.4. The number of rotatable bonds is 4. The number of benzene rings is 1. The fourth-order valence-corrected chi connectivity index (χ4v) is 3.77. The van der Waals surface area contributed by atoms with Crippen molar-refractivity contribution in [3.8, 4) is 5.69 Å². The molecule has 0 saturated carbocycles. The van der Waals surface area contributed by atoms with Gasteiger partial charge in [-0.2, -0.15) is 5.10 Å². The zero-order chi connectivity index (χ0) is 18.8. The fraction of sp³-hybridized carbons (Fsp3) is 0.333. The summed E-state index contributed by atoms with van der Waals surface area (Å²) in [5.41, 5.74) is 5.12. The largest absolute Gasteiger partial charge is 0.469 e. The Labute approximate surface area is 158 Å². The second kappa shape index (κ2) is 7.31. The molecule has 0 aliphatic heterocycles. The van der Waals surface area contributed by atoms with Gasteiger partial charge in [0.25, 0.3) is 0 Å². The molecule has 1 aliphatic carbocycles. The maximum Gasteiger partial charge on any atom is 0.315 e. The lowest BCUT2D eigenvalue weighted by Crippen LogP contribution is -2.38. The number of nitrogens with one attached hydrogen (secondary N) is 2. The molecule has 2 heterocycles. The minimum Gasteiger partial charge on any atom is -0.469 e. The standard InChI is InChI=1S/C21H24N4O2/c1-14-18(15(2)25(24-14)16-7-4-3-5-8-16)13-22-21(26)23-19-9-6-10-20-17(19)11-12-27-20/h3-5,7-8,11-12,19H,6,9-10,13H2,1-2H3,(H2,22,23,26). The molecule has 1 aromatic carbocycles. The van der Waals surface area contributed by atoms with Crippen molar-refractivity contribution in [2.24, 2.45) is 0 Å². The molecular formula is C21H24N4O2. The van der Waals surface area contributed by atoms with E-state index in [1.807, 2.05) is 54.9 Å². The number of aryl methyl sites for hydroxylation is 2. The Kier molecular flexibility index (Phi) is 4.71. The number of nitrogens with zero attached hydrogens (tertiary/aromatic N) is 2. The van der Waals surface area contributed by atoms with Crippen LogP contribution in [0.2, 0.25) is 0 Å². The zero-order valence-corrected chi connectivity index (χ0v) is 15.7. The number of furan rings is 1. The van der Waals surface area contributed by atoms with Gasteiger partial charge in [-0.25, -0.2) is 9.48 Å². The first kappa shape index (κ1) is 17.4. The molecule has 2 amide bonds. The quantitative estimate of drug-likeness (QED) is 0.736. The Balaban J connectivity index is 1.42. The normalized spacial score (nSPS) is 16.0. The molecule has 2 aromatic heterocycles. The van der Waals surface area contributed by atoms with Crippen LogP contribution < -0.4 is 10.6 Å². The molecule has 3 aromatic rings. The summed E-state index contributed by atoms with van der Waals surface area (Å²) in [5.74, 6) is 0.988. The molecule has 0 saturated heterocycles. The van der Waals surface area contributed by atoms with Crippen molar-refractivity contribution in [2.45, 2.75) is 45.7 Å². The number of para-hydroxylation sites is 1. The van der Waals surface area contributed by atoms with Gasteiger partial charge in [-0.1, -0.05) is 18.2 Å². The van der Waals surface area contributed by atoms with Crippen molar-refractivity contribution < 1.29 is 9.21 Å². The number of hydrogen-bond donors (Lipinski definition) is 2. The third kappa shape index (κ3) is 3.47. The average molecular weight is 364 g/mol. The Morgan fingerprint density at radius 2 is 2.07 bits per heavy atom. The number of urea groups is 1. The number of amides is 2. The Morgan fingerprint density at radius 1 is 1.26 bits per heavy atom. The molecule has 4 rings (SSSR count). The van der Waals surface area contributed by atoms with Gasteiger partial charge in [0.05, 0.1) is 23.7 Å². The van der Waals surface area contributed by atoms with Crippen LogP contribution in [-0.2, 0) is 13.0 Å². The number of carbonyl (C=O) groups excluding carboxylic acids is 1. The Morgan fingerprint density at radius 3 is 2.89 bits per heavy atom. The summed E-state index contributed by atoms with van der Waals surface area (Å²) in [4.78, 5) is 12.4. The molecule has 27 heavy (non-hydrogen) atoms. The van der Waals surface area contributed by atoms with Crippen molar-refractivity contribution in [3.63, 3.8) is 0 Å². The minimum atomic E-state index is -0.166. The SMILES string of the molecule is Cc1nn(-c2ccccc2)c(C)c1CNC(=O)NC1CCCc2occc21. The first-order chi connectivity index (χ1) is 13.1. The van der Waals surface area contributed by atoms with Crippen LogP contribution in [-0.4, -0.2) is 15.8 Å². The van der Waals surface area contributed by atoms with Gasteiger partial charge in [0.1, 0.15) is 5.76 Å². The van der Waals surface area contributed by atoms with Crippen LogP contribution in [0.4, 0.5) is 4.79 Å². The third-order valence-electron chi connectivity index (χ3n) is 5.22. The molecule has 2 N–H and O–H groups in total. The Hall–Kier alpha value is -3.02. The van der Waals surface area contributed by atoms with Crippen molar-refractivity contribution in [2.75, 3.05) is 0 Å². The van der Waals surface area contributed by atoms with Crippen LogP contribution in [0.1, 0.15) is 47.2 Å². The molecule has 140 valence electrons. The molecule has 1 aliphatic rings. The van der Waals surface area contributed by atoms with E-state index in [-0.39, 0.29) is 12.1 Å². The van der Waals surface area contributed by atoms with Gasteiger partial charge in [-0.15, -0.1) is 0 Å². The van der Waals surface area contributed by atoms with Gasteiger partial charge in [0.15, 0.2) is 0 Å². The van der Waals surface area contributed by atoms with Crippen molar-refractivity contribution in [1.29, 1.82) is 0 Å².